The van der Waals surface area contributed by atoms with E-state index in [1.54, 1.807) is 0 Å². The van der Waals surface area contributed by atoms with Crippen LogP contribution in [0.3, 0.4) is 0 Å². The second-order valence-electron chi connectivity index (χ2n) is 3.09. The van der Waals surface area contributed by atoms with Gasteiger partial charge in [-0.25, -0.2) is 0 Å². The van der Waals surface area contributed by atoms with Gasteiger partial charge in [-0.1, -0.05) is 13.8 Å². The Kier molecular flexibility index (Phi) is 3.40. The number of thiol groups is 1. The van der Waals surface area contributed by atoms with Crippen LogP contribution in [0.2, 0.25) is 0 Å². The van der Waals surface area contributed by atoms with E-state index in [0.717, 1.165) is 24.7 Å². The second-order valence-corrected chi connectivity index (χ2v) is 5.51. The fourth-order valence-electron chi connectivity index (χ4n) is 1.15. The average Bonchev–Trinajstić information content (AvgIpc) is 2.05. The van der Waals surface area contributed by atoms with Crippen LogP contribution in [0.15, 0.2) is 0 Å². The van der Waals surface area contributed by atoms with Crippen LogP contribution in [0.4, 0.5) is 0 Å². The van der Waals surface area contributed by atoms with E-state index in [2.05, 4.69) is 0 Å². The van der Waals surface area contributed by atoms with Crippen molar-refractivity contribution in [2.45, 2.75) is 13.8 Å². The van der Waals surface area contributed by atoms with Crippen LogP contribution < -0.4 is 0 Å². The van der Waals surface area contributed by atoms with Crippen LogP contribution in [0, 0.1) is 5.92 Å². The number of rotatable bonds is 1. The highest BCUT2D eigenvalue weighted by molar-refractivity contribution is 8.29. The number of hydrogen-bond donors (Lipinski definition) is 1. The Labute approximate surface area is 70.7 Å². The van der Waals surface area contributed by atoms with Crippen LogP contribution >= 0.6 is 10.9 Å². The molecule has 0 aromatic carbocycles. The molecule has 1 rings (SSSR count). The van der Waals surface area contributed by atoms with Gasteiger partial charge < -0.3 is 4.74 Å². The van der Waals surface area contributed by atoms with Crippen LogP contribution in [-0.4, -0.2) is 29.8 Å². The van der Waals surface area contributed by atoms with Crippen LogP contribution in [-0.2, 0) is 9.53 Å². The Balaban J connectivity index is 2.39. The predicted molar refractivity (Wildman–Crippen MR) is 49.4 cm³/mol. The topological polar surface area (TPSA) is 26.3 Å². The summed E-state index contributed by atoms with van der Waals surface area (Å²) in [6.07, 6.45) is 0. The molecule has 0 radical (unpaired) electrons. The lowest BCUT2D eigenvalue weighted by molar-refractivity contribution is -0.113. The zero-order chi connectivity index (χ0) is 8.27. The van der Waals surface area contributed by atoms with Crippen LogP contribution in [0.5, 0.6) is 0 Å². The van der Waals surface area contributed by atoms with E-state index >= 15 is 0 Å². The molecule has 0 saturated carbocycles. The first-order chi connectivity index (χ1) is 5.22. The molecule has 1 aliphatic rings. The molecule has 0 unspecified atom stereocenters. The Bertz CT molecular complexity index is 139. The molecule has 2 nitrogen and oxygen atoms in total. The summed E-state index contributed by atoms with van der Waals surface area (Å²) in [4.78, 5) is 11.5. The lowest BCUT2D eigenvalue weighted by Gasteiger charge is -2.25. The summed E-state index contributed by atoms with van der Waals surface area (Å²) in [5.74, 6) is 2.21. The normalized spacial score (nSPS) is 22.3. The van der Waals surface area contributed by atoms with E-state index < -0.39 is 0 Å². The highest BCUT2D eigenvalue weighted by Gasteiger charge is 2.19. The third kappa shape index (κ3) is 2.49. The number of ether oxygens (including phenoxy) is 1. The summed E-state index contributed by atoms with van der Waals surface area (Å²) < 4.78 is 5.19. The highest BCUT2D eigenvalue weighted by Crippen LogP contribution is 2.31. The van der Waals surface area contributed by atoms with Crippen LogP contribution in [0.25, 0.3) is 0 Å². The molecule has 1 saturated heterocycles. The summed E-state index contributed by atoms with van der Waals surface area (Å²) >= 11 is 0. The van der Waals surface area contributed by atoms with Gasteiger partial charge in [0.15, 0.2) is 5.12 Å². The molecular weight excluding hydrogens is 160 g/mol. The molecule has 0 N–H and O–H groups in total. The SMILES string of the molecule is CC(C)C(=O)[SH]1CCOCC1. The maximum Gasteiger partial charge on any atom is 0.172 e. The molecule has 0 aromatic heterocycles. The van der Waals surface area contributed by atoms with Gasteiger partial charge in [-0.05, 0) is 0 Å². The first kappa shape index (κ1) is 9.07. The lowest BCUT2D eigenvalue weighted by Crippen LogP contribution is -2.22. The molecule has 66 valence electrons. The minimum absolute atomic E-state index is 0.221. The lowest BCUT2D eigenvalue weighted by atomic mass is 10.3. The van der Waals surface area contributed by atoms with Crippen LogP contribution in [0.1, 0.15) is 13.8 Å². The van der Waals surface area contributed by atoms with Crippen molar-refractivity contribution in [1.82, 2.24) is 0 Å². The van der Waals surface area contributed by atoms with Gasteiger partial charge in [0, 0.05) is 17.4 Å². The van der Waals surface area contributed by atoms with Crippen molar-refractivity contribution < 1.29 is 9.53 Å². The molecule has 0 atom stereocenters. The first-order valence-corrected chi connectivity index (χ1v) is 5.79. The van der Waals surface area contributed by atoms with E-state index in [1.807, 2.05) is 13.8 Å². The molecular formula is C8H16O2S. The van der Waals surface area contributed by atoms with Gasteiger partial charge in [0.1, 0.15) is 0 Å². The third-order valence-electron chi connectivity index (χ3n) is 1.82. The van der Waals surface area contributed by atoms with Crippen molar-refractivity contribution in [1.29, 1.82) is 0 Å². The highest BCUT2D eigenvalue weighted by atomic mass is 32.2. The molecule has 0 aliphatic carbocycles. The minimum Gasteiger partial charge on any atom is -0.380 e. The number of hydrogen-bond acceptors (Lipinski definition) is 2. The first-order valence-electron chi connectivity index (χ1n) is 4.08. The van der Waals surface area contributed by atoms with Gasteiger partial charge in [-0.3, -0.25) is 4.79 Å². The standard InChI is InChI=1S/C8H16O2S/c1-7(2)8(9)11-5-3-10-4-6-11/h7,11H,3-6H2,1-2H3. The summed E-state index contributed by atoms with van der Waals surface area (Å²) in [6, 6.07) is 0. The molecule has 0 bridgehead atoms. The summed E-state index contributed by atoms with van der Waals surface area (Å²) in [7, 11) is -0.336. The summed E-state index contributed by atoms with van der Waals surface area (Å²) in [6.45, 7) is 5.56. The van der Waals surface area contributed by atoms with Crippen molar-refractivity contribution in [3.05, 3.63) is 0 Å². The zero-order valence-corrected chi connectivity index (χ0v) is 8.06. The van der Waals surface area contributed by atoms with Gasteiger partial charge in [-0.15, -0.1) is 0 Å². The molecule has 3 heteroatoms. The second kappa shape index (κ2) is 4.12. The van der Waals surface area contributed by atoms with E-state index in [9.17, 15) is 4.79 Å². The van der Waals surface area contributed by atoms with Crippen molar-refractivity contribution in [2.24, 2.45) is 5.92 Å². The number of carbonyl (C=O) groups excluding carboxylic acids is 1. The Morgan fingerprint density at radius 1 is 1.36 bits per heavy atom. The van der Waals surface area contributed by atoms with Gasteiger partial charge in [0.2, 0.25) is 0 Å². The molecule has 1 fully saturated rings. The molecule has 11 heavy (non-hydrogen) atoms. The monoisotopic (exact) mass is 176 g/mol. The van der Waals surface area contributed by atoms with Crippen molar-refractivity contribution in [3.8, 4) is 0 Å². The molecule has 1 heterocycles. The van der Waals surface area contributed by atoms with Crippen molar-refractivity contribution in [2.75, 3.05) is 24.7 Å². The van der Waals surface area contributed by atoms with E-state index in [1.165, 1.54) is 0 Å². The summed E-state index contributed by atoms with van der Waals surface area (Å²) in [5.41, 5.74) is 0. The summed E-state index contributed by atoms with van der Waals surface area (Å²) in [5, 5.41) is 0.475. The largest absolute Gasteiger partial charge is 0.380 e. The van der Waals surface area contributed by atoms with E-state index in [-0.39, 0.29) is 16.8 Å². The Morgan fingerprint density at radius 2 is 1.91 bits per heavy atom. The van der Waals surface area contributed by atoms with E-state index in [0.29, 0.717) is 5.12 Å². The van der Waals surface area contributed by atoms with Gasteiger partial charge in [0.05, 0.1) is 13.2 Å². The maximum absolute atomic E-state index is 11.5. The third-order valence-corrected chi connectivity index (χ3v) is 4.40. The maximum atomic E-state index is 11.5. The van der Waals surface area contributed by atoms with Crippen molar-refractivity contribution >= 4 is 16.0 Å². The average molecular weight is 176 g/mol. The zero-order valence-electron chi connectivity index (χ0n) is 7.17. The fraction of sp³-hybridized carbons (Fsp3) is 0.875. The Hall–Kier alpha value is -0.0200. The predicted octanol–water partition coefficient (Wildman–Crippen LogP) is 1.20. The Morgan fingerprint density at radius 3 is 2.36 bits per heavy atom. The minimum atomic E-state index is -0.336. The van der Waals surface area contributed by atoms with E-state index in [4.69, 9.17) is 4.74 Å². The molecule has 1 aliphatic heterocycles. The smallest absolute Gasteiger partial charge is 0.172 e. The van der Waals surface area contributed by atoms with Gasteiger partial charge >= 0.3 is 0 Å². The fourth-order valence-corrected chi connectivity index (χ4v) is 3.24. The van der Waals surface area contributed by atoms with Gasteiger partial charge in [-0.2, -0.15) is 10.9 Å². The molecule has 0 spiro atoms. The quantitative estimate of drug-likeness (QED) is 0.608. The number of carbonyl (C=O) groups is 1. The van der Waals surface area contributed by atoms with Crippen molar-refractivity contribution in [3.63, 3.8) is 0 Å². The molecule has 0 amide bonds. The van der Waals surface area contributed by atoms with Gasteiger partial charge in [0.25, 0.3) is 0 Å². The molecule has 0 aromatic rings.